The number of benzene rings is 1. The molecule has 1 aromatic carbocycles. The van der Waals surface area contributed by atoms with Crippen LogP contribution >= 0.6 is 0 Å². The molecule has 2 heteroatoms. The Morgan fingerprint density at radius 3 is 2.50 bits per heavy atom. The van der Waals surface area contributed by atoms with Gasteiger partial charge in [-0.25, -0.2) is 0 Å². The van der Waals surface area contributed by atoms with Crippen LogP contribution in [-0.4, -0.2) is 10.8 Å². The minimum absolute atomic E-state index is 0.108. The van der Waals surface area contributed by atoms with Gasteiger partial charge in [0.25, 0.3) is 0 Å². The summed E-state index contributed by atoms with van der Waals surface area (Å²) in [5.74, 6) is 0.108. The summed E-state index contributed by atoms with van der Waals surface area (Å²) in [4.78, 5) is 16.1. The molecule has 0 fully saturated rings. The molecule has 1 heterocycles. The number of carbonyl (C=O) groups is 1. The summed E-state index contributed by atoms with van der Waals surface area (Å²) >= 11 is 0. The van der Waals surface area contributed by atoms with Crippen LogP contribution in [0.4, 0.5) is 0 Å². The molecule has 0 atom stereocenters. The van der Waals surface area contributed by atoms with Gasteiger partial charge in [0.1, 0.15) is 0 Å². The molecule has 2 rings (SSSR count). The molecule has 16 heavy (non-hydrogen) atoms. The molecule has 0 N–H and O–H groups in total. The van der Waals surface area contributed by atoms with E-state index in [2.05, 4.69) is 4.98 Å². The zero-order valence-electron chi connectivity index (χ0n) is 9.18. The lowest BCUT2D eigenvalue weighted by atomic mass is 10.1. The number of ketones is 1. The molecule has 0 radical (unpaired) electrons. The van der Waals surface area contributed by atoms with Crippen molar-refractivity contribution < 1.29 is 4.79 Å². The van der Waals surface area contributed by atoms with Crippen molar-refractivity contribution in [3.05, 3.63) is 65.5 Å². The van der Waals surface area contributed by atoms with Crippen LogP contribution < -0.4 is 0 Å². The van der Waals surface area contributed by atoms with Crippen molar-refractivity contribution in [3.63, 3.8) is 0 Å². The smallest absolute Gasteiger partial charge is 0.168 e. The topological polar surface area (TPSA) is 30.0 Å². The molecule has 2 aromatic rings. The van der Waals surface area contributed by atoms with Gasteiger partial charge < -0.3 is 0 Å². The number of aryl methyl sites for hydroxylation is 1. The van der Waals surface area contributed by atoms with Gasteiger partial charge in [-0.1, -0.05) is 36.4 Å². The third-order valence-electron chi connectivity index (χ3n) is 2.41. The van der Waals surface area contributed by atoms with Crippen LogP contribution in [0.15, 0.2) is 48.7 Å². The van der Waals surface area contributed by atoms with E-state index >= 15 is 0 Å². The highest BCUT2D eigenvalue weighted by molar-refractivity contribution is 5.97. The van der Waals surface area contributed by atoms with Crippen molar-refractivity contribution in [1.82, 2.24) is 4.98 Å². The first-order chi connectivity index (χ1) is 7.75. The Morgan fingerprint density at radius 2 is 1.88 bits per heavy atom. The molecule has 0 saturated heterocycles. The number of hydrogen-bond acceptors (Lipinski definition) is 2. The summed E-state index contributed by atoms with van der Waals surface area (Å²) in [5, 5.41) is 0. The van der Waals surface area contributed by atoms with Crippen LogP contribution in [0, 0.1) is 6.92 Å². The lowest BCUT2D eigenvalue weighted by molar-refractivity contribution is 0.0992. The van der Waals surface area contributed by atoms with E-state index < -0.39 is 0 Å². The second kappa shape index (κ2) is 4.71. The minimum atomic E-state index is 0.108. The Hall–Kier alpha value is -1.96. The summed E-state index contributed by atoms with van der Waals surface area (Å²) in [6, 6.07) is 13.2. The van der Waals surface area contributed by atoms with Crippen LogP contribution in [-0.2, 0) is 6.42 Å². The van der Waals surface area contributed by atoms with Gasteiger partial charge in [-0.15, -0.1) is 0 Å². The van der Waals surface area contributed by atoms with Gasteiger partial charge in [-0.05, 0) is 18.6 Å². The van der Waals surface area contributed by atoms with Crippen LogP contribution in [0.3, 0.4) is 0 Å². The van der Waals surface area contributed by atoms with E-state index in [1.807, 2.05) is 49.4 Å². The summed E-state index contributed by atoms with van der Waals surface area (Å²) in [6.07, 6.45) is 2.15. The average molecular weight is 211 g/mol. The molecule has 0 aliphatic rings. The molecule has 0 spiro atoms. The Balaban J connectivity index is 2.11. The van der Waals surface area contributed by atoms with Crippen LogP contribution in [0.5, 0.6) is 0 Å². The van der Waals surface area contributed by atoms with Gasteiger partial charge in [0.05, 0.1) is 6.42 Å². The third-order valence-corrected chi connectivity index (χ3v) is 2.41. The van der Waals surface area contributed by atoms with Gasteiger partial charge in [-0.2, -0.15) is 0 Å². The predicted molar refractivity (Wildman–Crippen MR) is 63.5 cm³/mol. The second-order valence-corrected chi connectivity index (χ2v) is 3.79. The molecule has 0 saturated carbocycles. The predicted octanol–water partition coefficient (Wildman–Crippen LogP) is 2.82. The quantitative estimate of drug-likeness (QED) is 0.731. The first-order valence-electron chi connectivity index (χ1n) is 5.25. The molecule has 0 bridgehead atoms. The molecule has 0 aliphatic heterocycles. The summed E-state index contributed by atoms with van der Waals surface area (Å²) in [7, 11) is 0. The summed E-state index contributed by atoms with van der Waals surface area (Å²) in [6.45, 7) is 1.98. The molecule has 0 aliphatic carbocycles. The lowest BCUT2D eigenvalue weighted by Crippen LogP contribution is -2.04. The van der Waals surface area contributed by atoms with Crippen molar-refractivity contribution in [2.45, 2.75) is 13.3 Å². The largest absolute Gasteiger partial charge is 0.294 e. The van der Waals surface area contributed by atoms with Crippen molar-refractivity contribution >= 4 is 5.78 Å². The fraction of sp³-hybridized carbons (Fsp3) is 0.143. The average Bonchev–Trinajstić information content (AvgIpc) is 2.33. The molecule has 0 amide bonds. The molecular formula is C14H13NO. The van der Waals surface area contributed by atoms with Crippen molar-refractivity contribution in [2.75, 3.05) is 0 Å². The number of carbonyl (C=O) groups excluding carboxylic acids is 1. The van der Waals surface area contributed by atoms with Crippen LogP contribution in [0.25, 0.3) is 0 Å². The van der Waals surface area contributed by atoms with Gasteiger partial charge in [0.2, 0.25) is 0 Å². The van der Waals surface area contributed by atoms with Gasteiger partial charge in [0.15, 0.2) is 5.78 Å². The van der Waals surface area contributed by atoms with Crippen LogP contribution in [0.1, 0.15) is 21.6 Å². The highest BCUT2D eigenvalue weighted by Gasteiger charge is 2.06. The van der Waals surface area contributed by atoms with E-state index in [1.54, 1.807) is 6.20 Å². The zero-order valence-corrected chi connectivity index (χ0v) is 9.18. The first kappa shape index (κ1) is 10.6. The standard InChI is InChI=1S/C14H13NO/c1-11-7-8-13(15-10-11)9-14(16)12-5-3-2-4-6-12/h2-8,10H,9H2,1H3. The zero-order chi connectivity index (χ0) is 11.4. The molecule has 2 nitrogen and oxygen atoms in total. The van der Waals surface area contributed by atoms with Crippen molar-refractivity contribution in [1.29, 1.82) is 0 Å². The lowest BCUT2D eigenvalue weighted by Gasteiger charge is -2.01. The number of pyridine rings is 1. The molecule has 0 unspecified atom stereocenters. The van der Waals surface area contributed by atoms with E-state index in [0.29, 0.717) is 6.42 Å². The van der Waals surface area contributed by atoms with Crippen molar-refractivity contribution in [2.24, 2.45) is 0 Å². The fourth-order valence-corrected chi connectivity index (χ4v) is 1.49. The number of rotatable bonds is 3. The summed E-state index contributed by atoms with van der Waals surface area (Å²) in [5.41, 5.74) is 2.67. The third kappa shape index (κ3) is 2.54. The maximum Gasteiger partial charge on any atom is 0.168 e. The number of hydrogen-bond donors (Lipinski definition) is 0. The fourth-order valence-electron chi connectivity index (χ4n) is 1.49. The minimum Gasteiger partial charge on any atom is -0.294 e. The Kier molecular flexibility index (Phi) is 3.10. The van der Waals surface area contributed by atoms with Gasteiger partial charge in [0, 0.05) is 17.5 Å². The van der Waals surface area contributed by atoms with E-state index in [-0.39, 0.29) is 5.78 Å². The SMILES string of the molecule is Cc1ccc(CC(=O)c2ccccc2)nc1. The molecular weight excluding hydrogens is 198 g/mol. The van der Waals surface area contributed by atoms with Gasteiger partial charge in [-0.3, -0.25) is 9.78 Å². The first-order valence-corrected chi connectivity index (χ1v) is 5.25. The molecule has 1 aromatic heterocycles. The highest BCUT2D eigenvalue weighted by atomic mass is 16.1. The van der Waals surface area contributed by atoms with Crippen LogP contribution in [0.2, 0.25) is 0 Å². The van der Waals surface area contributed by atoms with E-state index in [4.69, 9.17) is 0 Å². The number of nitrogens with zero attached hydrogens (tertiary/aromatic N) is 1. The monoisotopic (exact) mass is 211 g/mol. The highest BCUT2D eigenvalue weighted by Crippen LogP contribution is 2.06. The van der Waals surface area contributed by atoms with E-state index in [9.17, 15) is 4.79 Å². The maximum atomic E-state index is 11.9. The number of Topliss-reactive ketones (excluding diaryl/α,β-unsaturated/α-hetero) is 1. The Morgan fingerprint density at radius 1 is 1.12 bits per heavy atom. The Bertz CT molecular complexity index is 474. The number of aromatic nitrogens is 1. The Labute approximate surface area is 95.0 Å². The second-order valence-electron chi connectivity index (χ2n) is 3.79. The van der Waals surface area contributed by atoms with Crippen molar-refractivity contribution in [3.8, 4) is 0 Å². The van der Waals surface area contributed by atoms with E-state index in [0.717, 1.165) is 16.8 Å². The summed E-state index contributed by atoms with van der Waals surface area (Å²) < 4.78 is 0. The normalized spacial score (nSPS) is 10.1. The van der Waals surface area contributed by atoms with E-state index in [1.165, 1.54) is 0 Å². The molecule has 80 valence electrons. The van der Waals surface area contributed by atoms with Gasteiger partial charge >= 0.3 is 0 Å². The maximum absolute atomic E-state index is 11.9.